The van der Waals surface area contributed by atoms with Crippen LogP contribution in [0.3, 0.4) is 0 Å². The lowest BCUT2D eigenvalue weighted by Crippen LogP contribution is -2.69. The first kappa shape index (κ1) is 20.2. The fourth-order valence-electron chi connectivity index (χ4n) is 7.24. The Morgan fingerprint density at radius 1 is 1.36 bits per heavy atom. The number of hydrogen-bond acceptors (Lipinski definition) is 4. The number of Topliss-reactive ketones (excluding diaryl/α,β-unsaturated/α-hetero) is 1. The highest BCUT2D eigenvalue weighted by Crippen LogP contribution is 2.70. The van der Waals surface area contributed by atoms with E-state index in [2.05, 4.69) is 0 Å². The van der Waals surface area contributed by atoms with E-state index in [1.165, 1.54) is 12.2 Å². The number of alkyl halides is 2. The number of halogens is 2. The Labute approximate surface area is 169 Å². The Morgan fingerprint density at radius 3 is 2.68 bits per heavy atom. The van der Waals surface area contributed by atoms with Crippen LogP contribution in [0.4, 0.5) is 4.39 Å². The van der Waals surface area contributed by atoms with Gasteiger partial charge in [-0.05, 0) is 56.6 Å². The van der Waals surface area contributed by atoms with Crippen molar-refractivity contribution in [3.05, 3.63) is 23.8 Å². The van der Waals surface area contributed by atoms with E-state index in [-0.39, 0.29) is 29.9 Å². The van der Waals surface area contributed by atoms with Gasteiger partial charge in [-0.1, -0.05) is 25.5 Å². The quantitative estimate of drug-likeness (QED) is 0.686. The summed E-state index contributed by atoms with van der Waals surface area (Å²) in [6.07, 6.45) is 4.69. The first-order valence-corrected chi connectivity index (χ1v) is 10.6. The summed E-state index contributed by atoms with van der Waals surface area (Å²) in [5.74, 6) is -2.03. The van der Waals surface area contributed by atoms with Gasteiger partial charge in [0.05, 0.1) is 12.0 Å². The van der Waals surface area contributed by atoms with Crippen molar-refractivity contribution in [1.29, 1.82) is 0 Å². The minimum Gasteiger partial charge on any atom is -0.390 e. The van der Waals surface area contributed by atoms with Crippen molar-refractivity contribution in [2.24, 2.45) is 28.6 Å². The van der Waals surface area contributed by atoms with Gasteiger partial charge in [-0.25, -0.2) is 4.39 Å². The molecule has 0 spiro atoms. The van der Waals surface area contributed by atoms with Crippen LogP contribution in [0.5, 0.6) is 0 Å². The van der Waals surface area contributed by atoms with Gasteiger partial charge in [0.15, 0.2) is 17.2 Å². The first-order chi connectivity index (χ1) is 13.0. The van der Waals surface area contributed by atoms with Gasteiger partial charge < -0.3 is 10.2 Å². The number of allylic oxidation sites excluding steroid dienone is 4. The highest BCUT2D eigenvalue weighted by Gasteiger charge is 2.75. The Hall–Kier alpha value is -1.04. The lowest BCUT2D eigenvalue weighted by atomic mass is 9.44. The van der Waals surface area contributed by atoms with Crippen LogP contribution in [-0.2, 0) is 9.59 Å². The van der Waals surface area contributed by atoms with Crippen molar-refractivity contribution < 1.29 is 24.2 Å². The van der Waals surface area contributed by atoms with Crippen LogP contribution in [0.25, 0.3) is 0 Å². The first-order valence-electron chi connectivity index (χ1n) is 10.1. The van der Waals surface area contributed by atoms with Gasteiger partial charge >= 0.3 is 0 Å². The molecule has 4 aliphatic rings. The van der Waals surface area contributed by atoms with Crippen LogP contribution >= 0.6 is 11.6 Å². The van der Waals surface area contributed by atoms with E-state index in [0.717, 1.165) is 5.57 Å². The Kier molecular flexibility index (Phi) is 4.33. The molecule has 4 aliphatic carbocycles. The molecule has 3 fully saturated rings. The molecule has 4 nitrogen and oxygen atoms in total. The smallest absolute Gasteiger partial charge is 0.179 e. The molecule has 3 saturated carbocycles. The number of ketones is 2. The second-order valence-corrected chi connectivity index (χ2v) is 9.99. The fraction of sp³-hybridized carbons (Fsp3) is 0.727. The molecule has 0 radical (unpaired) electrons. The number of carbonyl (C=O) groups excluding carboxylic acids is 2. The second kappa shape index (κ2) is 5.99. The van der Waals surface area contributed by atoms with Gasteiger partial charge in [0.25, 0.3) is 0 Å². The summed E-state index contributed by atoms with van der Waals surface area (Å²) in [5, 5.41) is 22.6. The minimum absolute atomic E-state index is 0.0151. The van der Waals surface area contributed by atoms with Crippen LogP contribution in [0.2, 0.25) is 0 Å². The lowest BCUT2D eigenvalue weighted by molar-refractivity contribution is -0.218. The molecule has 6 heteroatoms. The Bertz CT molecular complexity index is 808. The van der Waals surface area contributed by atoms with Crippen molar-refractivity contribution in [1.82, 2.24) is 0 Å². The number of rotatable bonds is 2. The van der Waals surface area contributed by atoms with E-state index in [1.54, 1.807) is 13.0 Å². The zero-order chi connectivity index (χ0) is 20.7. The maximum absolute atomic E-state index is 16.9. The van der Waals surface area contributed by atoms with Gasteiger partial charge in [0, 0.05) is 16.7 Å². The zero-order valence-corrected chi connectivity index (χ0v) is 17.3. The molecule has 6 unspecified atom stereocenters. The van der Waals surface area contributed by atoms with E-state index >= 15 is 4.39 Å². The number of aliphatic hydroxyl groups is 2. The van der Waals surface area contributed by atoms with Crippen LogP contribution in [0, 0.1) is 28.6 Å². The molecule has 0 aromatic heterocycles. The third-order valence-electron chi connectivity index (χ3n) is 8.77. The van der Waals surface area contributed by atoms with Crippen LogP contribution in [0.1, 0.15) is 46.5 Å². The Balaban J connectivity index is 1.84. The number of aliphatic hydroxyl groups excluding tert-OH is 1. The topological polar surface area (TPSA) is 74.6 Å². The summed E-state index contributed by atoms with van der Waals surface area (Å²) < 4.78 is 16.9. The normalized spacial score (nSPS) is 52.5. The van der Waals surface area contributed by atoms with E-state index in [4.69, 9.17) is 11.6 Å². The van der Waals surface area contributed by atoms with Crippen molar-refractivity contribution in [2.45, 2.75) is 63.8 Å². The fourth-order valence-corrected chi connectivity index (χ4v) is 7.45. The third-order valence-corrected chi connectivity index (χ3v) is 9.01. The monoisotopic (exact) mass is 410 g/mol. The number of fused-ring (bicyclic) bond motifs is 5. The molecule has 8 atom stereocenters. The van der Waals surface area contributed by atoms with Gasteiger partial charge in [0.2, 0.25) is 0 Å². The van der Waals surface area contributed by atoms with E-state index in [1.807, 2.05) is 13.8 Å². The van der Waals surface area contributed by atoms with Crippen molar-refractivity contribution in [2.75, 3.05) is 5.88 Å². The molecule has 0 aromatic rings. The largest absolute Gasteiger partial charge is 0.390 e. The minimum atomic E-state index is -1.95. The lowest BCUT2D eigenvalue weighted by Gasteiger charge is -2.62. The number of hydrogen-bond donors (Lipinski definition) is 2. The van der Waals surface area contributed by atoms with Gasteiger partial charge in [-0.2, -0.15) is 0 Å². The standard InChI is InChI=1S/C22H28ClFO4/c1-12-8-16-15-5-4-13-9-14(25)6-7-19(13,2)21(15,24)17(26)10-20(16,3)22(12,28)18(27)11-23/h6-7,9,12,15-17,26,28H,4-5,8,10-11H2,1-3H3/t12?,15?,16?,17-,19?,20?,21?,22-/m0/s1. The molecule has 0 aliphatic heterocycles. The van der Waals surface area contributed by atoms with Crippen LogP contribution < -0.4 is 0 Å². The molecule has 28 heavy (non-hydrogen) atoms. The summed E-state index contributed by atoms with van der Waals surface area (Å²) in [4.78, 5) is 24.5. The zero-order valence-electron chi connectivity index (χ0n) is 16.5. The Morgan fingerprint density at radius 2 is 2.04 bits per heavy atom. The van der Waals surface area contributed by atoms with Crippen LogP contribution in [-0.4, -0.2) is 45.0 Å². The molecular weight excluding hydrogens is 383 g/mol. The highest BCUT2D eigenvalue weighted by molar-refractivity contribution is 6.29. The molecule has 0 bridgehead atoms. The average molecular weight is 411 g/mol. The summed E-state index contributed by atoms with van der Waals surface area (Å²) in [5.41, 5.74) is -4.90. The maximum atomic E-state index is 16.9. The maximum Gasteiger partial charge on any atom is 0.179 e. The van der Waals surface area contributed by atoms with E-state index in [9.17, 15) is 19.8 Å². The highest BCUT2D eigenvalue weighted by atomic mass is 35.5. The van der Waals surface area contributed by atoms with Crippen LogP contribution in [0.15, 0.2) is 23.8 Å². The van der Waals surface area contributed by atoms with Crippen molar-refractivity contribution >= 4 is 23.2 Å². The van der Waals surface area contributed by atoms with Gasteiger partial charge in [0.1, 0.15) is 5.60 Å². The molecule has 0 aromatic carbocycles. The summed E-state index contributed by atoms with van der Waals surface area (Å²) >= 11 is 5.81. The predicted octanol–water partition coefficient (Wildman–Crippen LogP) is 3.14. The summed E-state index contributed by atoms with van der Waals surface area (Å²) in [7, 11) is 0. The summed E-state index contributed by atoms with van der Waals surface area (Å²) in [6.45, 7) is 5.38. The molecule has 4 rings (SSSR count). The molecular formula is C22H28ClFO4. The van der Waals surface area contributed by atoms with Gasteiger partial charge in [-0.3, -0.25) is 9.59 Å². The van der Waals surface area contributed by atoms with E-state index < -0.39 is 39.9 Å². The molecule has 0 amide bonds. The SMILES string of the molecule is CC1CC2C3CCC4=CC(=O)C=CC4(C)C3(F)[C@@H](O)CC2(C)[C@@]1(O)C(=O)CCl. The molecule has 0 saturated heterocycles. The number of carbonyl (C=O) groups is 2. The second-order valence-electron chi connectivity index (χ2n) is 9.72. The third kappa shape index (κ3) is 2.08. The summed E-state index contributed by atoms with van der Waals surface area (Å²) in [6, 6.07) is 0. The van der Waals surface area contributed by atoms with Crippen molar-refractivity contribution in [3.63, 3.8) is 0 Å². The van der Waals surface area contributed by atoms with Gasteiger partial charge in [-0.15, -0.1) is 11.6 Å². The van der Waals surface area contributed by atoms with Crippen molar-refractivity contribution in [3.8, 4) is 0 Å². The average Bonchev–Trinajstić information content (AvgIpc) is 2.84. The molecule has 154 valence electrons. The predicted molar refractivity (Wildman–Crippen MR) is 104 cm³/mol. The molecule has 2 N–H and O–H groups in total. The van der Waals surface area contributed by atoms with E-state index in [0.29, 0.717) is 19.3 Å². The molecule has 0 heterocycles.